The van der Waals surface area contributed by atoms with E-state index in [0.29, 0.717) is 11.8 Å². The van der Waals surface area contributed by atoms with E-state index in [9.17, 15) is 19.2 Å². The predicted octanol–water partition coefficient (Wildman–Crippen LogP) is 4.11. The number of esters is 2. The van der Waals surface area contributed by atoms with Crippen LogP contribution in [0.1, 0.15) is 63.9 Å². The van der Waals surface area contributed by atoms with E-state index in [1.165, 1.54) is 6.92 Å². The lowest BCUT2D eigenvalue weighted by Gasteiger charge is -2.52. The van der Waals surface area contributed by atoms with Crippen LogP contribution in [0.3, 0.4) is 0 Å². The van der Waals surface area contributed by atoms with Gasteiger partial charge in [0.05, 0.1) is 36.3 Å². The number of epoxide rings is 1. The van der Waals surface area contributed by atoms with Gasteiger partial charge in [-0.25, -0.2) is 9.59 Å². The highest BCUT2D eigenvalue weighted by atomic mass is 16.7. The number of hydrogen-bond donors (Lipinski definition) is 1. The largest absolute Gasteiger partial charge is 0.459 e. The molecule has 1 amide bonds. The number of fused-ring (bicyclic) bond motifs is 1. The lowest BCUT2D eigenvalue weighted by atomic mass is 9.61. The lowest BCUT2D eigenvalue weighted by Crippen LogP contribution is -2.75. The number of alkyl carbamates (subject to hydrolysis) is 1. The molecule has 49 heavy (non-hydrogen) atoms. The maximum absolute atomic E-state index is 13.6. The second kappa shape index (κ2) is 14.5. The standard InChI is InChI=1S/C36H45NO12/c1-23(39)46-28-27(26-20-45-34(5,6)47-26)35(17-18-38,37-32(41)49-33(2,3)4)29(44-22-42-19-24-13-9-7-10-14-24)30-36(28,48-30)21-43-31(40)25-15-11-8-12-16-25/h7-16,18,26-30H,17,19-22H2,1-6H3,(H,37,41)/t26-,27+,28-,29-,30-,35-,36+/m1/s1. The maximum Gasteiger partial charge on any atom is 0.408 e. The zero-order valence-corrected chi connectivity index (χ0v) is 28.7. The number of aldehydes is 1. The van der Waals surface area contributed by atoms with E-state index < -0.39 is 70.9 Å². The van der Waals surface area contributed by atoms with Gasteiger partial charge in [0.2, 0.25) is 0 Å². The minimum absolute atomic E-state index is 0.00775. The molecule has 1 N–H and O–H groups in total. The first-order valence-electron chi connectivity index (χ1n) is 16.3. The fourth-order valence-electron chi connectivity index (χ4n) is 6.77. The van der Waals surface area contributed by atoms with Gasteiger partial charge in [0.1, 0.15) is 43.6 Å². The summed E-state index contributed by atoms with van der Waals surface area (Å²) in [6, 6.07) is 17.9. The minimum atomic E-state index is -1.65. The van der Waals surface area contributed by atoms with Crippen LogP contribution in [0.4, 0.5) is 4.79 Å². The Bertz CT molecular complexity index is 1480. The molecule has 3 fully saturated rings. The summed E-state index contributed by atoms with van der Waals surface area (Å²) < 4.78 is 48.4. The summed E-state index contributed by atoms with van der Waals surface area (Å²) in [5.41, 5.74) is -2.78. The Kier molecular flexibility index (Phi) is 10.8. The highest BCUT2D eigenvalue weighted by Gasteiger charge is 2.80. The zero-order valence-electron chi connectivity index (χ0n) is 28.7. The van der Waals surface area contributed by atoms with Crippen LogP contribution in [0.5, 0.6) is 0 Å². The molecular formula is C36H45NO12. The van der Waals surface area contributed by atoms with Gasteiger partial charge in [-0.1, -0.05) is 48.5 Å². The van der Waals surface area contributed by atoms with E-state index in [1.54, 1.807) is 65.0 Å². The van der Waals surface area contributed by atoms with Gasteiger partial charge in [0, 0.05) is 13.3 Å². The van der Waals surface area contributed by atoms with Crippen molar-refractivity contribution >= 4 is 24.3 Å². The molecule has 0 spiro atoms. The summed E-state index contributed by atoms with van der Waals surface area (Å²) in [7, 11) is 0. The second-order valence-corrected chi connectivity index (χ2v) is 13.9. The van der Waals surface area contributed by atoms with Gasteiger partial charge in [-0.3, -0.25) is 4.79 Å². The van der Waals surface area contributed by atoms with Crippen molar-refractivity contribution in [3.05, 3.63) is 71.8 Å². The number of hydrogen-bond acceptors (Lipinski definition) is 12. The Morgan fingerprint density at radius 3 is 2.24 bits per heavy atom. The smallest absolute Gasteiger partial charge is 0.408 e. The number of ether oxygens (including phenoxy) is 8. The normalized spacial score (nSPS) is 30.0. The highest BCUT2D eigenvalue weighted by Crippen LogP contribution is 2.58. The van der Waals surface area contributed by atoms with Crippen LogP contribution in [0, 0.1) is 5.92 Å². The minimum Gasteiger partial charge on any atom is -0.459 e. The molecule has 1 saturated carbocycles. The quantitative estimate of drug-likeness (QED) is 0.0806. The lowest BCUT2D eigenvalue weighted by molar-refractivity contribution is -0.204. The van der Waals surface area contributed by atoms with E-state index in [4.69, 9.17) is 37.9 Å². The average Bonchev–Trinajstić information content (AvgIpc) is 3.66. The van der Waals surface area contributed by atoms with E-state index >= 15 is 0 Å². The van der Waals surface area contributed by atoms with Crippen LogP contribution in [0.15, 0.2) is 60.7 Å². The van der Waals surface area contributed by atoms with E-state index in [0.717, 1.165) is 5.56 Å². The Labute approximate surface area is 285 Å². The van der Waals surface area contributed by atoms with Gasteiger partial charge in [-0.05, 0) is 52.3 Å². The Balaban J connectivity index is 1.57. The number of carbonyl (C=O) groups excluding carboxylic acids is 4. The molecule has 5 rings (SSSR count). The number of nitrogens with one attached hydrogen (secondary N) is 1. The molecule has 0 radical (unpaired) electrons. The molecule has 13 nitrogen and oxygen atoms in total. The van der Waals surface area contributed by atoms with Crippen LogP contribution >= 0.6 is 0 Å². The SMILES string of the molecule is CC(=O)O[C@@H]1[C@H]([C@H]2COC(C)(C)O2)[C@@](CC=O)(NC(=O)OC(C)(C)C)[C@H](OCOCc2ccccc2)[C@H]2O[C@@]12COC(=O)c1ccccc1. The van der Waals surface area contributed by atoms with Gasteiger partial charge in [0.25, 0.3) is 0 Å². The Hall–Kier alpha value is -3.88. The van der Waals surface area contributed by atoms with E-state index in [2.05, 4.69) is 5.32 Å². The van der Waals surface area contributed by atoms with E-state index in [1.807, 2.05) is 30.3 Å². The van der Waals surface area contributed by atoms with Crippen molar-refractivity contribution in [1.82, 2.24) is 5.32 Å². The Morgan fingerprint density at radius 1 is 0.980 bits per heavy atom. The molecular weight excluding hydrogens is 638 g/mol. The van der Waals surface area contributed by atoms with Gasteiger partial charge < -0.3 is 48.0 Å². The molecule has 0 unspecified atom stereocenters. The molecule has 0 aromatic heterocycles. The van der Waals surface area contributed by atoms with Crippen LogP contribution < -0.4 is 5.32 Å². The van der Waals surface area contributed by atoms with Crippen molar-refractivity contribution in [2.45, 2.75) is 102 Å². The molecule has 2 heterocycles. The van der Waals surface area contributed by atoms with E-state index in [-0.39, 0.29) is 33.0 Å². The molecule has 266 valence electrons. The maximum atomic E-state index is 13.6. The van der Waals surface area contributed by atoms with Crippen molar-refractivity contribution in [1.29, 1.82) is 0 Å². The summed E-state index contributed by atoms with van der Waals surface area (Å²) in [5, 5.41) is 2.93. The summed E-state index contributed by atoms with van der Waals surface area (Å²) in [6.45, 7) is 9.40. The molecule has 0 bridgehead atoms. The molecule has 13 heteroatoms. The third-order valence-electron chi connectivity index (χ3n) is 8.72. The van der Waals surface area contributed by atoms with Crippen LogP contribution in [0.2, 0.25) is 0 Å². The first-order valence-corrected chi connectivity index (χ1v) is 16.3. The molecule has 2 saturated heterocycles. The number of benzene rings is 2. The third-order valence-corrected chi connectivity index (χ3v) is 8.72. The Morgan fingerprint density at radius 2 is 1.65 bits per heavy atom. The second-order valence-electron chi connectivity index (χ2n) is 13.9. The van der Waals surface area contributed by atoms with Crippen molar-refractivity contribution in [2.75, 3.05) is 20.0 Å². The fourth-order valence-corrected chi connectivity index (χ4v) is 6.77. The van der Waals surface area contributed by atoms with Crippen LogP contribution in [-0.2, 0) is 54.1 Å². The van der Waals surface area contributed by atoms with Crippen LogP contribution in [-0.4, -0.2) is 91.3 Å². The molecule has 2 aromatic carbocycles. The van der Waals surface area contributed by atoms with Gasteiger partial charge in [-0.2, -0.15) is 0 Å². The summed E-state index contributed by atoms with van der Waals surface area (Å²) in [5.74, 6) is -3.39. The molecule has 7 atom stereocenters. The predicted molar refractivity (Wildman–Crippen MR) is 172 cm³/mol. The summed E-state index contributed by atoms with van der Waals surface area (Å²) in [6.07, 6.45) is -4.65. The first-order chi connectivity index (χ1) is 23.2. The molecule has 2 aliphatic heterocycles. The van der Waals surface area contributed by atoms with Gasteiger partial charge >= 0.3 is 18.0 Å². The topological polar surface area (TPSA) is 157 Å². The summed E-state index contributed by atoms with van der Waals surface area (Å²) in [4.78, 5) is 52.2. The molecule has 1 aliphatic carbocycles. The number of rotatable bonds is 13. The number of carbonyl (C=O) groups is 4. The number of amides is 1. The van der Waals surface area contributed by atoms with Crippen molar-refractivity contribution in [2.24, 2.45) is 5.92 Å². The van der Waals surface area contributed by atoms with Gasteiger partial charge in [-0.15, -0.1) is 0 Å². The molecule has 2 aromatic rings. The summed E-state index contributed by atoms with van der Waals surface area (Å²) >= 11 is 0. The third kappa shape index (κ3) is 8.30. The monoisotopic (exact) mass is 683 g/mol. The average molecular weight is 684 g/mol. The van der Waals surface area contributed by atoms with Gasteiger partial charge in [0.15, 0.2) is 11.4 Å². The zero-order chi connectivity index (χ0) is 35.5. The van der Waals surface area contributed by atoms with Crippen molar-refractivity contribution in [3.8, 4) is 0 Å². The first kappa shape index (κ1) is 36.4. The fraction of sp³-hybridized carbons (Fsp3) is 0.556. The molecule has 3 aliphatic rings. The van der Waals surface area contributed by atoms with Crippen molar-refractivity contribution in [3.63, 3.8) is 0 Å². The van der Waals surface area contributed by atoms with Crippen molar-refractivity contribution < 1.29 is 57.1 Å². The van der Waals surface area contributed by atoms with Crippen LogP contribution in [0.25, 0.3) is 0 Å². The highest BCUT2D eigenvalue weighted by molar-refractivity contribution is 5.89.